The smallest absolute Gasteiger partial charge is 0.164 e. The van der Waals surface area contributed by atoms with Gasteiger partial charge in [0, 0.05) is 65.1 Å². The summed E-state index contributed by atoms with van der Waals surface area (Å²) in [7, 11) is 0. The van der Waals surface area contributed by atoms with Gasteiger partial charge in [0.15, 0.2) is 17.5 Å². The lowest BCUT2D eigenvalue weighted by molar-refractivity contribution is 1.07. The van der Waals surface area contributed by atoms with E-state index in [0.717, 1.165) is 50.1 Å². The summed E-state index contributed by atoms with van der Waals surface area (Å²) in [6.07, 6.45) is 0. The average molecular weight is 822 g/mol. The molecule has 0 aliphatic carbocycles. The van der Waals surface area contributed by atoms with Crippen LogP contribution in [0.2, 0.25) is 0 Å². The predicted octanol–water partition coefficient (Wildman–Crippen LogP) is 15.1. The molecular formula is C57H35N5S. The van der Waals surface area contributed by atoms with Crippen LogP contribution in [0.15, 0.2) is 212 Å². The van der Waals surface area contributed by atoms with Crippen molar-refractivity contribution in [3.8, 4) is 56.7 Å². The van der Waals surface area contributed by atoms with Crippen LogP contribution < -0.4 is 0 Å². The van der Waals surface area contributed by atoms with Crippen molar-refractivity contribution in [1.29, 1.82) is 0 Å². The number of aromatic nitrogens is 5. The maximum Gasteiger partial charge on any atom is 0.164 e. The van der Waals surface area contributed by atoms with Crippen LogP contribution in [0.25, 0.3) is 120 Å². The van der Waals surface area contributed by atoms with Crippen LogP contribution >= 0.6 is 11.3 Å². The zero-order chi connectivity index (χ0) is 41.4. The van der Waals surface area contributed by atoms with E-state index in [4.69, 9.17) is 15.0 Å². The highest BCUT2D eigenvalue weighted by atomic mass is 32.1. The van der Waals surface area contributed by atoms with Gasteiger partial charge in [0.05, 0.1) is 26.8 Å². The van der Waals surface area contributed by atoms with Crippen LogP contribution in [0.3, 0.4) is 0 Å². The highest BCUT2D eigenvalue weighted by Gasteiger charge is 2.21. The quantitative estimate of drug-likeness (QED) is 0.168. The van der Waals surface area contributed by atoms with Gasteiger partial charge >= 0.3 is 0 Å². The molecule has 0 fully saturated rings. The zero-order valence-corrected chi connectivity index (χ0v) is 34.7. The molecule has 0 atom stereocenters. The van der Waals surface area contributed by atoms with E-state index in [1.165, 1.54) is 52.9 Å². The molecule has 0 saturated carbocycles. The van der Waals surface area contributed by atoms with E-state index in [-0.39, 0.29) is 0 Å². The first kappa shape index (κ1) is 35.6. The molecule has 4 aromatic heterocycles. The number of rotatable bonds is 6. The molecule has 0 aliphatic heterocycles. The highest BCUT2D eigenvalue weighted by Crippen LogP contribution is 2.45. The molecule has 0 spiro atoms. The lowest BCUT2D eigenvalue weighted by atomic mass is 10.0. The molecule has 5 nitrogen and oxygen atoms in total. The second kappa shape index (κ2) is 14.2. The van der Waals surface area contributed by atoms with Crippen LogP contribution in [-0.4, -0.2) is 24.1 Å². The van der Waals surface area contributed by atoms with Gasteiger partial charge in [0.25, 0.3) is 0 Å². The SMILES string of the molecule is c1ccc(-c2cccc(-c3nc(-c4ccccc4)nc(-c4ccc5c(c4)c4ccc6c7cc(-n8c9ccccc9c9ccccc98)ccc7sc6c4n5-c4ccccc4)n3)c2)cc1. The standard InChI is InChI=1S/C57H35N5S/c1-4-15-36(16-5-1)38-19-14-20-39(33-38)56-58-55(37-17-6-2-7-18-37)59-57(60-56)40-27-31-51-47(34-40)45-29-30-46-48-35-42(61-49-25-12-10-23-43(49)44-24-11-13-26-50(44)61)28-32-52(48)63-54(46)53(45)62(51)41-21-8-3-9-22-41/h1-35H. The van der Waals surface area contributed by atoms with Gasteiger partial charge in [-0.25, -0.2) is 15.0 Å². The molecule has 0 amide bonds. The first-order valence-corrected chi connectivity index (χ1v) is 22.0. The van der Waals surface area contributed by atoms with Gasteiger partial charge in [0.1, 0.15) is 0 Å². The summed E-state index contributed by atoms with van der Waals surface area (Å²) < 4.78 is 7.36. The first-order valence-electron chi connectivity index (χ1n) is 21.2. The van der Waals surface area contributed by atoms with Crippen molar-refractivity contribution < 1.29 is 0 Å². The molecule has 6 heteroatoms. The average Bonchev–Trinajstić information content (AvgIpc) is 4.02. The van der Waals surface area contributed by atoms with Gasteiger partial charge in [-0.2, -0.15) is 0 Å². The summed E-state index contributed by atoms with van der Waals surface area (Å²) in [5.74, 6) is 1.91. The maximum absolute atomic E-state index is 5.20. The van der Waals surface area contributed by atoms with Gasteiger partial charge in [0.2, 0.25) is 0 Å². The summed E-state index contributed by atoms with van der Waals surface area (Å²) in [6.45, 7) is 0. The van der Waals surface area contributed by atoms with Crippen LogP contribution in [-0.2, 0) is 0 Å². The van der Waals surface area contributed by atoms with Crippen LogP contribution in [0.4, 0.5) is 0 Å². The van der Waals surface area contributed by atoms with E-state index < -0.39 is 0 Å². The van der Waals surface area contributed by atoms with Gasteiger partial charge in [-0.1, -0.05) is 146 Å². The molecule has 0 saturated heterocycles. The fourth-order valence-corrected chi connectivity index (χ4v) is 10.7. The molecule has 13 rings (SSSR count). The van der Waals surface area contributed by atoms with Crippen molar-refractivity contribution in [3.63, 3.8) is 0 Å². The zero-order valence-electron chi connectivity index (χ0n) is 33.9. The van der Waals surface area contributed by atoms with Crippen LogP contribution in [0.5, 0.6) is 0 Å². The number of benzene rings is 9. The Hall–Kier alpha value is -8.19. The Kier molecular flexibility index (Phi) is 8.01. The van der Waals surface area contributed by atoms with E-state index in [9.17, 15) is 0 Å². The number of hydrogen-bond acceptors (Lipinski definition) is 4. The molecule has 0 aliphatic rings. The molecule has 63 heavy (non-hydrogen) atoms. The van der Waals surface area contributed by atoms with Crippen LogP contribution in [0.1, 0.15) is 0 Å². The number of para-hydroxylation sites is 3. The Morgan fingerprint density at radius 3 is 1.57 bits per heavy atom. The minimum Gasteiger partial charge on any atom is -0.309 e. The Morgan fingerprint density at radius 2 is 0.857 bits per heavy atom. The summed E-state index contributed by atoms with van der Waals surface area (Å²) >= 11 is 1.86. The second-order valence-corrected chi connectivity index (χ2v) is 17.1. The second-order valence-electron chi connectivity index (χ2n) is 16.0. The van der Waals surface area contributed by atoms with Gasteiger partial charge in [-0.3, -0.25) is 0 Å². The van der Waals surface area contributed by atoms with E-state index in [1.807, 2.05) is 35.6 Å². The largest absolute Gasteiger partial charge is 0.309 e. The lowest BCUT2D eigenvalue weighted by Gasteiger charge is -2.10. The van der Waals surface area contributed by atoms with Crippen molar-refractivity contribution in [1.82, 2.24) is 24.1 Å². The fourth-order valence-electron chi connectivity index (χ4n) is 9.46. The predicted molar refractivity (Wildman–Crippen MR) is 263 cm³/mol. The summed E-state index contributed by atoms with van der Waals surface area (Å²) in [6, 6.07) is 75.5. The monoisotopic (exact) mass is 821 g/mol. The summed E-state index contributed by atoms with van der Waals surface area (Å²) in [4.78, 5) is 15.4. The Morgan fingerprint density at radius 1 is 0.302 bits per heavy atom. The Bertz CT molecular complexity index is 3850. The molecule has 0 radical (unpaired) electrons. The highest BCUT2D eigenvalue weighted by molar-refractivity contribution is 7.26. The number of thiophene rings is 1. The topological polar surface area (TPSA) is 48.5 Å². The number of hydrogen-bond donors (Lipinski definition) is 0. The van der Waals surface area contributed by atoms with Crippen molar-refractivity contribution >= 4 is 75.1 Å². The fraction of sp³-hybridized carbons (Fsp3) is 0. The van der Waals surface area contributed by atoms with Crippen LogP contribution in [0, 0.1) is 0 Å². The third-order valence-electron chi connectivity index (χ3n) is 12.4. The molecule has 0 unspecified atom stereocenters. The molecule has 9 aromatic carbocycles. The summed E-state index contributed by atoms with van der Waals surface area (Å²) in [5, 5.41) is 7.36. The van der Waals surface area contributed by atoms with E-state index in [0.29, 0.717) is 17.5 Å². The van der Waals surface area contributed by atoms with Gasteiger partial charge in [-0.15, -0.1) is 11.3 Å². The van der Waals surface area contributed by atoms with Crippen molar-refractivity contribution in [2.75, 3.05) is 0 Å². The normalized spacial score (nSPS) is 11.8. The van der Waals surface area contributed by atoms with Crippen molar-refractivity contribution in [3.05, 3.63) is 212 Å². The minimum atomic E-state index is 0.631. The molecular weight excluding hydrogens is 787 g/mol. The van der Waals surface area contributed by atoms with E-state index in [2.05, 4.69) is 197 Å². The molecule has 294 valence electrons. The molecule has 0 bridgehead atoms. The van der Waals surface area contributed by atoms with Crippen molar-refractivity contribution in [2.24, 2.45) is 0 Å². The van der Waals surface area contributed by atoms with Crippen molar-refractivity contribution in [2.45, 2.75) is 0 Å². The Labute approximate surface area is 366 Å². The van der Waals surface area contributed by atoms with E-state index >= 15 is 0 Å². The van der Waals surface area contributed by atoms with Gasteiger partial charge < -0.3 is 9.13 Å². The first-order chi connectivity index (χ1) is 31.2. The maximum atomic E-state index is 5.20. The summed E-state index contributed by atoms with van der Waals surface area (Å²) in [5.41, 5.74) is 12.1. The van der Waals surface area contributed by atoms with Gasteiger partial charge in [-0.05, 0) is 77.9 Å². The molecule has 13 aromatic rings. The molecule has 4 heterocycles. The van der Waals surface area contributed by atoms with E-state index in [1.54, 1.807) is 0 Å². The molecule has 0 N–H and O–H groups in total. The Balaban J connectivity index is 1.02. The lowest BCUT2D eigenvalue weighted by Crippen LogP contribution is -2.00. The third kappa shape index (κ3) is 5.73. The third-order valence-corrected chi connectivity index (χ3v) is 13.5. The number of nitrogens with zero attached hydrogens (tertiary/aromatic N) is 5. The number of fused-ring (bicyclic) bond motifs is 10. The minimum absolute atomic E-state index is 0.631.